The number of likely N-dealkylation sites (tertiary alicyclic amines) is 1. The lowest BCUT2D eigenvalue weighted by molar-refractivity contribution is -0.143. The number of carbonyl (C=O) groups excluding carboxylic acids is 3. The van der Waals surface area contributed by atoms with Gasteiger partial charge in [0.1, 0.15) is 19.3 Å². The van der Waals surface area contributed by atoms with E-state index in [2.05, 4.69) is 10.9 Å². The highest BCUT2D eigenvalue weighted by Gasteiger charge is 2.33. The molecule has 2 heterocycles. The Kier molecular flexibility index (Phi) is 5.83. The summed E-state index contributed by atoms with van der Waals surface area (Å²) in [5.41, 5.74) is 5.93. The van der Waals surface area contributed by atoms with Crippen molar-refractivity contribution in [3.63, 3.8) is 0 Å². The minimum Gasteiger partial charge on any atom is -0.486 e. The van der Waals surface area contributed by atoms with Crippen LogP contribution < -0.4 is 20.3 Å². The first kappa shape index (κ1) is 19.8. The van der Waals surface area contributed by atoms with E-state index in [4.69, 9.17) is 9.47 Å². The molecule has 8 heteroatoms. The second-order valence-corrected chi connectivity index (χ2v) is 7.16. The van der Waals surface area contributed by atoms with Crippen LogP contribution in [0.5, 0.6) is 11.5 Å². The summed E-state index contributed by atoms with van der Waals surface area (Å²) >= 11 is 0. The van der Waals surface area contributed by atoms with Gasteiger partial charge in [-0.3, -0.25) is 25.2 Å². The van der Waals surface area contributed by atoms with Crippen molar-refractivity contribution in [2.24, 2.45) is 0 Å². The van der Waals surface area contributed by atoms with Crippen LogP contribution in [-0.4, -0.2) is 42.4 Å². The van der Waals surface area contributed by atoms with E-state index in [0.29, 0.717) is 48.8 Å². The highest BCUT2D eigenvalue weighted by Crippen LogP contribution is 2.30. The van der Waals surface area contributed by atoms with Gasteiger partial charge in [0, 0.05) is 18.5 Å². The van der Waals surface area contributed by atoms with Crippen LogP contribution in [0.2, 0.25) is 0 Å². The Morgan fingerprint density at radius 2 is 1.70 bits per heavy atom. The van der Waals surface area contributed by atoms with Crippen LogP contribution in [0.4, 0.5) is 0 Å². The number of nitrogens with one attached hydrogen (secondary N) is 2. The van der Waals surface area contributed by atoms with Gasteiger partial charge in [-0.25, -0.2) is 0 Å². The number of benzene rings is 2. The van der Waals surface area contributed by atoms with Gasteiger partial charge in [-0.2, -0.15) is 0 Å². The van der Waals surface area contributed by atoms with Gasteiger partial charge in [0.25, 0.3) is 11.8 Å². The molecule has 0 aliphatic carbocycles. The topological polar surface area (TPSA) is 97.0 Å². The fraction of sp³-hybridized carbons (Fsp3) is 0.318. The van der Waals surface area contributed by atoms with Crippen molar-refractivity contribution in [3.8, 4) is 11.5 Å². The van der Waals surface area contributed by atoms with E-state index in [0.717, 1.165) is 12.8 Å². The van der Waals surface area contributed by atoms with Gasteiger partial charge in [0.2, 0.25) is 5.91 Å². The van der Waals surface area contributed by atoms with Gasteiger partial charge in [0.15, 0.2) is 11.5 Å². The summed E-state index contributed by atoms with van der Waals surface area (Å²) in [4.78, 5) is 39.5. The van der Waals surface area contributed by atoms with Gasteiger partial charge in [-0.05, 0) is 36.6 Å². The molecule has 0 aromatic heterocycles. The second-order valence-electron chi connectivity index (χ2n) is 7.16. The lowest BCUT2D eigenvalue weighted by atomic mass is 10.0. The standard InChI is InChI=1S/C22H23N3O5/c26-19-8-4-5-11-25(19)20(15-6-2-1-3-7-15)22(28)24-23-21(27)16-9-10-17-18(14-16)30-13-12-29-17/h1-3,6-7,9-10,14,20H,4-5,8,11-13H2,(H,23,27)(H,24,28). The second kappa shape index (κ2) is 8.86. The van der Waals surface area contributed by atoms with Gasteiger partial charge >= 0.3 is 0 Å². The molecule has 0 radical (unpaired) electrons. The Bertz CT molecular complexity index is 947. The van der Waals surface area contributed by atoms with E-state index >= 15 is 0 Å². The summed E-state index contributed by atoms with van der Waals surface area (Å²) in [6.45, 7) is 1.38. The van der Waals surface area contributed by atoms with Crippen molar-refractivity contribution in [2.75, 3.05) is 19.8 Å². The molecule has 2 aromatic rings. The van der Waals surface area contributed by atoms with Gasteiger partial charge in [-0.1, -0.05) is 30.3 Å². The zero-order valence-electron chi connectivity index (χ0n) is 16.4. The monoisotopic (exact) mass is 409 g/mol. The Hall–Kier alpha value is -3.55. The summed E-state index contributed by atoms with van der Waals surface area (Å²) in [5.74, 6) is 0.0405. The number of fused-ring (bicyclic) bond motifs is 1. The third kappa shape index (κ3) is 4.22. The van der Waals surface area contributed by atoms with Crippen LogP contribution in [-0.2, 0) is 9.59 Å². The minimum atomic E-state index is -0.806. The molecule has 0 bridgehead atoms. The first-order valence-electron chi connectivity index (χ1n) is 9.98. The number of piperidine rings is 1. The summed E-state index contributed by atoms with van der Waals surface area (Å²) in [5, 5.41) is 0. The average Bonchev–Trinajstić information content (AvgIpc) is 2.79. The first-order valence-corrected chi connectivity index (χ1v) is 9.98. The first-order chi connectivity index (χ1) is 14.6. The van der Waals surface area contributed by atoms with E-state index < -0.39 is 17.9 Å². The van der Waals surface area contributed by atoms with Crippen molar-refractivity contribution in [3.05, 3.63) is 59.7 Å². The maximum Gasteiger partial charge on any atom is 0.269 e. The maximum absolute atomic E-state index is 13.0. The lowest BCUT2D eigenvalue weighted by Crippen LogP contribution is -2.50. The molecule has 0 saturated carbocycles. The van der Waals surface area contributed by atoms with Crippen molar-refractivity contribution >= 4 is 17.7 Å². The van der Waals surface area contributed by atoms with Gasteiger partial charge in [0.05, 0.1) is 0 Å². The summed E-state index contributed by atoms with van der Waals surface area (Å²) in [6, 6.07) is 13.1. The highest BCUT2D eigenvalue weighted by molar-refractivity contribution is 5.97. The smallest absolute Gasteiger partial charge is 0.269 e. The third-order valence-electron chi connectivity index (χ3n) is 5.14. The molecular weight excluding hydrogens is 386 g/mol. The molecule has 30 heavy (non-hydrogen) atoms. The lowest BCUT2D eigenvalue weighted by Gasteiger charge is -2.34. The summed E-state index contributed by atoms with van der Waals surface area (Å²) in [6.07, 6.45) is 2.07. The fourth-order valence-corrected chi connectivity index (χ4v) is 3.65. The average molecular weight is 409 g/mol. The van der Waals surface area contributed by atoms with Crippen molar-refractivity contribution in [1.82, 2.24) is 15.8 Å². The van der Waals surface area contributed by atoms with Crippen molar-refractivity contribution in [2.45, 2.75) is 25.3 Å². The summed E-state index contributed by atoms with van der Waals surface area (Å²) in [7, 11) is 0. The SMILES string of the molecule is O=C(NNC(=O)C(c1ccccc1)N1CCCCC1=O)c1ccc2c(c1)OCCO2. The van der Waals surface area contributed by atoms with Crippen molar-refractivity contribution in [1.29, 1.82) is 0 Å². The van der Waals surface area contributed by atoms with Crippen LogP contribution in [0.25, 0.3) is 0 Å². The van der Waals surface area contributed by atoms with E-state index in [1.54, 1.807) is 35.2 Å². The number of amides is 3. The molecule has 2 N–H and O–H groups in total. The molecule has 2 aromatic carbocycles. The number of rotatable bonds is 4. The van der Waals surface area contributed by atoms with E-state index in [9.17, 15) is 14.4 Å². The van der Waals surface area contributed by atoms with Crippen LogP contribution >= 0.6 is 0 Å². The van der Waals surface area contributed by atoms with Gasteiger partial charge in [-0.15, -0.1) is 0 Å². The van der Waals surface area contributed by atoms with E-state index in [-0.39, 0.29) is 5.91 Å². The van der Waals surface area contributed by atoms with Crippen LogP contribution in [0, 0.1) is 0 Å². The normalized spacial score (nSPS) is 16.5. The molecule has 8 nitrogen and oxygen atoms in total. The molecule has 2 aliphatic rings. The largest absolute Gasteiger partial charge is 0.486 e. The number of hydrogen-bond acceptors (Lipinski definition) is 5. The zero-order chi connectivity index (χ0) is 20.9. The van der Waals surface area contributed by atoms with E-state index in [1.165, 1.54) is 0 Å². The third-order valence-corrected chi connectivity index (χ3v) is 5.14. The molecule has 1 unspecified atom stereocenters. The molecule has 156 valence electrons. The molecule has 1 saturated heterocycles. The number of carbonyl (C=O) groups is 3. The Morgan fingerprint density at radius 1 is 0.933 bits per heavy atom. The predicted molar refractivity (Wildman–Crippen MR) is 108 cm³/mol. The quantitative estimate of drug-likeness (QED) is 0.753. The van der Waals surface area contributed by atoms with Crippen molar-refractivity contribution < 1.29 is 23.9 Å². The highest BCUT2D eigenvalue weighted by atomic mass is 16.6. The molecule has 4 rings (SSSR count). The molecular formula is C22H23N3O5. The van der Waals surface area contributed by atoms with E-state index in [1.807, 2.05) is 18.2 Å². The number of ether oxygens (including phenoxy) is 2. The zero-order valence-corrected chi connectivity index (χ0v) is 16.4. The predicted octanol–water partition coefficient (Wildman–Crippen LogP) is 1.97. The number of hydrazine groups is 1. The van der Waals surface area contributed by atoms with Crippen LogP contribution in [0.1, 0.15) is 41.2 Å². The molecule has 1 atom stereocenters. The summed E-state index contributed by atoms with van der Waals surface area (Å²) < 4.78 is 10.9. The van der Waals surface area contributed by atoms with Crippen LogP contribution in [0.15, 0.2) is 48.5 Å². The minimum absolute atomic E-state index is 0.0663. The fourth-order valence-electron chi connectivity index (χ4n) is 3.65. The Morgan fingerprint density at radius 3 is 2.47 bits per heavy atom. The van der Waals surface area contributed by atoms with Gasteiger partial charge < -0.3 is 14.4 Å². The van der Waals surface area contributed by atoms with Crippen LogP contribution in [0.3, 0.4) is 0 Å². The molecule has 0 spiro atoms. The number of hydrogen-bond donors (Lipinski definition) is 2. The molecule has 3 amide bonds. The molecule has 2 aliphatic heterocycles. The molecule has 1 fully saturated rings. The maximum atomic E-state index is 13.0. The number of nitrogens with zero attached hydrogens (tertiary/aromatic N) is 1. The Balaban J connectivity index is 1.47. The Labute approximate surface area is 174 Å².